The summed E-state index contributed by atoms with van der Waals surface area (Å²) < 4.78 is 7.74. The Morgan fingerprint density at radius 2 is 1.88 bits per heavy atom. The summed E-state index contributed by atoms with van der Waals surface area (Å²) in [6.45, 7) is 3.03. The molecular formula is C26H26N4O2. The molecule has 162 valence electrons. The van der Waals surface area contributed by atoms with E-state index in [9.17, 15) is 4.79 Å². The Morgan fingerprint density at radius 1 is 1.00 bits per heavy atom. The number of benzene rings is 2. The Morgan fingerprint density at radius 3 is 2.78 bits per heavy atom. The van der Waals surface area contributed by atoms with Crippen molar-refractivity contribution in [3.8, 4) is 0 Å². The Hall–Kier alpha value is -3.51. The minimum absolute atomic E-state index is 0.0549. The summed E-state index contributed by atoms with van der Waals surface area (Å²) in [4.78, 5) is 20.1. The van der Waals surface area contributed by atoms with Gasteiger partial charge in [0, 0.05) is 48.5 Å². The highest BCUT2D eigenvalue weighted by atomic mass is 16.5. The fraction of sp³-hybridized carbons (Fsp3) is 0.269. The molecule has 1 amide bonds. The second-order valence-corrected chi connectivity index (χ2v) is 8.25. The number of aromatic nitrogens is 3. The van der Waals surface area contributed by atoms with Crippen LogP contribution >= 0.6 is 0 Å². The van der Waals surface area contributed by atoms with Crippen LogP contribution in [0.4, 0.5) is 0 Å². The van der Waals surface area contributed by atoms with E-state index in [4.69, 9.17) is 4.74 Å². The zero-order valence-corrected chi connectivity index (χ0v) is 17.9. The van der Waals surface area contributed by atoms with Crippen LogP contribution in [0.3, 0.4) is 0 Å². The molecule has 4 aromatic rings. The van der Waals surface area contributed by atoms with Crippen molar-refractivity contribution in [2.45, 2.75) is 13.0 Å². The Balaban J connectivity index is 1.36. The van der Waals surface area contributed by atoms with E-state index in [1.807, 2.05) is 58.4 Å². The Bertz CT molecular complexity index is 1200. The zero-order chi connectivity index (χ0) is 21.8. The molecule has 0 unspecified atom stereocenters. The molecule has 0 aliphatic carbocycles. The number of rotatable bonds is 5. The van der Waals surface area contributed by atoms with Gasteiger partial charge in [0.2, 0.25) is 0 Å². The molecule has 1 saturated heterocycles. The molecule has 1 fully saturated rings. The van der Waals surface area contributed by atoms with E-state index in [2.05, 4.69) is 34.3 Å². The summed E-state index contributed by atoms with van der Waals surface area (Å²) in [6.07, 6.45) is 6.33. The molecule has 0 bridgehead atoms. The predicted octanol–water partition coefficient (Wildman–Crippen LogP) is 3.81. The lowest BCUT2D eigenvalue weighted by Crippen LogP contribution is -2.37. The minimum Gasteiger partial charge on any atom is -0.379 e. The highest BCUT2D eigenvalue weighted by Gasteiger charge is 2.25. The summed E-state index contributed by atoms with van der Waals surface area (Å²) in [6, 6.07) is 20.0. The van der Waals surface area contributed by atoms with Crippen molar-refractivity contribution in [1.29, 1.82) is 0 Å². The molecule has 2 aromatic carbocycles. The lowest BCUT2D eigenvalue weighted by atomic mass is 9.97. The van der Waals surface area contributed by atoms with Gasteiger partial charge in [-0.2, -0.15) is 5.10 Å². The van der Waals surface area contributed by atoms with Gasteiger partial charge in [-0.25, -0.2) is 0 Å². The van der Waals surface area contributed by atoms with Gasteiger partial charge in [-0.15, -0.1) is 0 Å². The van der Waals surface area contributed by atoms with Crippen molar-refractivity contribution in [3.63, 3.8) is 0 Å². The molecule has 32 heavy (non-hydrogen) atoms. The third kappa shape index (κ3) is 4.41. The molecule has 0 N–H and O–H groups in total. The third-order valence-corrected chi connectivity index (χ3v) is 5.99. The van der Waals surface area contributed by atoms with E-state index in [1.54, 1.807) is 6.20 Å². The second-order valence-electron chi connectivity index (χ2n) is 8.25. The summed E-state index contributed by atoms with van der Waals surface area (Å²) in [7, 11) is 0. The number of hydrogen-bond donors (Lipinski definition) is 0. The number of amides is 1. The Labute approximate surface area is 187 Å². The summed E-state index contributed by atoms with van der Waals surface area (Å²) >= 11 is 0. The van der Waals surface area contributed by atoms with E-state index < -0.39 is 0 Å². The lowest BCUT2D eigenvalue weighted by molar-refractivity contribution is 0.0736. The van der Waals surface area contributed by atoms with Crippen LogP contribution in [0.1, 0.15) is 21.5 Å². The quantitative estimate of drug-likeness (QED) is 0.487. The molecule has 6 nitrogen and oxygen atoms in total. The summed E-state index contributed by atoms with van der Waals surface area (Å²) in [5.74, 6) is 0.270. The topological polar surface area (TPSA) is 60.2 Å². The number of carbonyl (C=O) groups is 1. The van der Waals surface area contributed by atoms with Gasteiger partial charge in [0.25, 0.3) is 5.91 Å². The number of pyridine rings is 1. The van der Waals surface area contributed by atoms with Gasteiger partial charge < -0.3 is 9.64 Å². The molecule has 6 heteroatoms. The molecule has 1 aliphatic heterocycles. The van der Waals surface area contributed by atoms with E-state index >= 15 is 0 Å². The van der Waals surface area contributed by atoms with E-state index in [0.29, 0.717) is 32.8 Å². The molecule has 1 aliphatic rings. The Kier molecular flexibility index (Phi) is 5.94. The highest BCUT2D eigenvalue weighted by molar-refractivity contribution is 5.95. The number of para-hydroxylation sites is 1. The second kappa shape index (κ2) is 9.32. The molecule has 1 atom stereocenters. The van der Waals surface area contributed by atoms with E-state index in [1.165, 1.54) is 5.56 Å². The van der Waals surface area contributed by atoms with Gasteiger partial charge >= 0.3 is 0 Å². The van der Waals surface area contributed by atoms with Gasteiger partial charge in [0.05, 0.1) is 25.3 Å². The van der Waals surface area contributed by atoms with Crippen LogP contribution in [-0.4, -0.2) is 51.9 Å². The average molecular weight is 427 g/mol. The number of carbonyl (C=O) groups excluding carboxylic acids is 1. The largest absolute Gasteiger partial charge is 0.379 e. The van der Waals surface area contributed by atoms with Crippen molar-refractivity contribution >= 4 is 16.8 Å². The van der Waals surface area contributed by atoms with Gasteiger partial charge in [0.1, 0.15) is 0 Å². The number of ether oxygens (including phenoxy) is 1. The highest BCUT2D eigenvalue weighted by Crippen LogP contribution is 2.22. The number of hydrogen-bond acceptors (Lipinski definition) is 4. The lowest BCUT2D eigenvalue weighted by Gasteiger charge is -2.25. The van der Waals surface area contributed by atoms with E-state index in [0.717, 1.165) is 28.5 Å². The molecular weight excluding hydrogens is 400 g/mol. The first-order valence-electron chi connectivity index (χ1n) is 11.0. The first kappa shape index (κ1) is 20.4. The predicted molar refractivity (Wildman–Crippen MR) is 123 cm³/mol. The van der Waals surface area contributed by atoms with Crippen LogP contribution in [0.2, 0.25) is 0 Å². The number of nitrogens with zero attached hydrogens (tertiary/aromatic N) is 4. The van der Waals surface area contributed by atoms with Gasteiger partial charge in [-0.3, -0.25) is 14.5 Å². The fourth-order valence-corrected chi connectivity index (χ4v) is 4.44. The third-order valence-electron chi connectivity index (χ3n) is 5.99. The van der Waals surface area contributed by atoms with Crippen molar-refractivity contribution in [2.75, 3.05) is 26.3 Å². The smallest absolute Gasteiger partial charge is 0.254 e. The molecule has 0 spiro atoms. The van der Waals surface area contributed by atoms with Crippen molar-refractivity contribution in [1.82, 2.24) is 19.7 Å². The fourth-order valence-electron chi connectivity index (χ4n) is 4.44. The number of fused-ring (bicyclic) bond motifs is 1. The maximum Gasteiger partial charge on any atom is 0.254 e. The van der Waals surface area contributed by atoms with Crippen LogP contribution in [0.15, 0.2) is 79.3 Å². The maximum atomic E-state index is 13.5. The standard InChI is InChI=1S/C26H26N4O2/c31-26(24-10-2-1-6-23(24)18-30-13-5-12-28-30)29-14-15-32-19-20(17-29)16-22-8-3-7-21-9-4-11-27-25(21)22/h1-13,20H,14-19H2/t20-/m0/s1. The van der Waals surface area contributed by atoms with Crippen LogP contribution in [0, 0.1) is 5.92 Å². The maximum absolute atomic E-state index is 13.5. The van der Waals surface area contributed by atoms with E-state index in [-0.39, 0.29) is 11.8 Å². The molecule has 0 saturated carbocycles. The van der Waals surface area contributed by atoms with Gasteiger partial charge in [-0.05, 0) is 35.7 Å². The van der Waals surface area contributed by atoms with Crippen LogP contribution < -0.4 is 0 Å². The monoisotopic (exact) mass is 426 g/mol. The van der Waals surface area contributed by atoms with Gasteiger partial charge in [0.15, 0.2) is 0 Å². The van der Waals surface area contributed by atoms with Crippen molar-refractivity contribution in [3.05, 3.63) is 95.9 Å². The first-order chi connectivity index (χ1) is 15.8. The molecule has 5 rings (SSSR count). The molecule has 0 radical (unpaired) electrons. The average Bonchev–Trinajstić information content (AvgIpc) is 3.23. The summed E-state index contributed by atoms with van der Waals surface area (Å²) in [5.41, 5.74) is 3.93. The normalized spacial score (nSPS) is 16.8. The van der Waals surface area contributed by atoms with Crippen molar-refractivity contribution < 1.29 is 9.53 Å². The first-order valence-corrected chi connectivity index (χ1v) is 11.0. The van der Waals surface area contributed by atoms with Crippen LogP contribution in [0.5, 0.6) is 0 Å². The van der Waals surface area contributed by atoms with Crippen LogP contribution in [-0.2, 0) is 17.7 Å². The summed E-state index contributed by atoms with van der Waals surface area (Å²) in [5, 5.41) is 5.43. The van der Waals surface area contributed by atoms with Gasteiger partial charge in [-0.1, -0.05) is 42.5 Å². The SMILES string of the molecule is O=C(c1ccccc1Cn1cccn1)N1CCOC[C@@H](Cc2cccc3cccnc23)C1. The van der Waals surface area contributed by atoms with Crippen LogP contribution in [0.25, 0.3) is 10.9 Å². The molecule has 2 aromatic heterocycles. The minimum atomic E-state index is 0.0549. The molecule has 3 heterocycles. The zero-order valence-electron chi connectivity index (χ0n) is 17.9. The van der Waals surface area contributed by atoms with Crippen molar-refractivity contribution in [2.24, 2.45) is 5.92 Å².